The highest BCUT2D eigenvalue weighted by molar-refractivity contribution is 6.31. The zero-order chi connectivity index (χ0) is 13.8. The number of benzene rings is 1. The molecule has 1 N–H and O–H groups in total. The monoisotopic (exact) mass is 282 g/mol. The first kappa shape index (κ1) is 13.5. The molecule has 0 bridgehead atoms. The van der Waals surface area contributed by atoms with E-state index in [9.17, 15) is 0 Å². The van der Waals surface area contributed by atoms with Crippen LogP contribution < -0.4 is 9.47 Å². The summed E-state index contributed by atoms with van der Waals surface area (Å²) in [7, 11) is 0. The highest BCUT2D eigenvalue weighted by Gasteiger charge is 2.11. The van der Waals surface area contributed by atoms with Crippen molar-refractivity contribution in [3.8, 4) is 11.6 Å². The summed E-state index contributed by atoms with van der Waals surface area (Å²) >= 11 is 6.15. The van der Waals surface area contributed by atoms with Crippen molar-refractivity contribution >= 4 is 11.6 Å². The molecule has 2 rings (SSSR count). The molecule has 0 fully saturated rings. The topological polar surface area (TPSA) is 56.5 Å². The van der Waals surface area contributed by atoms with Gasteiger partial charge in [-0.05, 0) is 26.0 Å². The second kappa shape index (κ2) is 5.84. The Morgan fingerprint density at radius 1 is 1.37 bits per heavy atom. The molecule has 0 aliphatic rings. The lowest BCUT2D eigenvalue weighted by atomic mass is 10.2. The number of rotatable bonds is 5. The number of aromatic nitrogens is 2. The van der Waals surface area contributed by atoms with Crippen molar-refractivity contribution in [2.75, 3.05) is 0 Å². The Morgan fingerprint density at radius 2 is 2.16 bits per heavy atom. The Hall–Kier alpha value is -1.88. The van der Waals surface area contributed by atoms with Crippen molar-refractivity contribution in [3.63, 3.8) is 0 Å². The van der Waals surface area contributed by atoms with Crippen LogP contribution >= 0.6 is 11.6 Å². The third-order valence-electron chi connectivity index (χ3n) is 2.35. The van der Waals surface area contributed by atoms with Crippen LogP contribution in [0.1, 0.15) is 19.4 Å². The van der Waals surface area contributed by atoms with Crippen LogP contribution in [0, 0.1) is 0 Å². The summed E-state index contributed by atoms with van der Waals surface area (Å²) in [5, 5.41) is 13.3. The van der Waals surface area contributed by atoms with Gasteiger partial charge >= 0.3 is 0 Å². The van der Waals surface area contributed by atoms with E-state index >= 15 is 0 Å². The lowest BCUT2D eigenvalue weighted by molar-refractivity contribution is 0.141. The Labute approximate surface area is 116 Å². The van der Waals surface area contributed by atoms with Crippen molar-refractivity contribution in [3.05, 3.63) is 41.0 Å². The maximum absolute atomic E-state index is 9.05. The number of halogens is 1. The van der Waals surface area contributed by atoms with Crippen molar-refractivity contribution in [2.45, 2.75) is 26.6 Å². The quantitative estimate of drug-likeness (QED) is 0.856. The fourth-order valence-electron chi connectivity index (χ4n) is 1.56. The molecule has 5 nitrogen and oxygen atoms in total. The first-order valence-corrected chi connectivity index (χ1v) is 6.26. The minimum absolute atomic E-state index is 0.0499. The summed E-state index contributed by atoms with van der Waals surface area (Å²) in [6, 6.07) is 7.00. The maximum Gasteiger partial charge on any atom is 0.236 e. The van der Waals surface area contributed by atoms with Gasteiger partial charge in [-0.2, -0.15) is 0 Å². The largest absolute Gasteiger partial charge is 0.491 e. The molecule has 1 aromatic carbocycles. The predicted molar refractivity (Wildman–Crippen MR) is 71.0 cm³/mol. The molecule has 19 heavy (non-hydrogen) atoms. The Balaban J connectivity index is 2.14. The smallest absolute Gasteiger partial charge is 0.236 e. The van der Waals surface area contributed by atoms with Crippen LogP contribution in [0.15, 0.2) is 30.5 Å². The zero-order valence-electron chi connectivity index (χ0n) is 10.7. The Morgan fingerprint density at radius 3 is 2.79 bits per heavy atom. The molecule has 102 valence electrons. The second-order valence-electron chi connectivity index (χ2n) is 4.25. The van der Waals surface area contributed by atoms with Crippen molar-refractivity contribution < 1.29 is 14.7 Å². The van der Waals surface area contributed by atoms with E-state index in [1.54, 1.807) is 12.1 Å². The molecule has 2 aromatic rings. The summed E-state index contributed by atoms with van der Waals surface area (Å²) in [5.74, 6) is 1.00. The van der Waals surface area contributed by atoms with E-state index in [1.807, 2.05) is 26.0 Å². The lowest BCUT2D eigenvalue weighted by Crippen LogP contribution is -2.09. The Kier molecular flexibility index (Phi) is 4.16. The minimum atomic E-state index is 0.0499. The van der Waals surface area contributed by atoms with E-state index in [2.05, 4.69) is 5.10 Å². The van der Waals surface area contributed by atoms with Crippen molar-refractivity contribution in [2.24, 2.45) is 0 Å². The lowest BCUT2D eigenvalue weighted by Gasteiger charge is -2.15. The molecule has 1 aromatic heterocycles. The zero-order valence-corrected chi connectivity index (χ0v) is 11.5. The maximum atomic E-state index is 9.05. The number of hydrogen-bond acceptors (Lipinski definition) is 4. The van der Waals surface area contributed by atoms with Gasteiger partial charge in [0.15, 0.2) is 0 Å². The molecule has 0 unspecified atom stereocenters. The van der Waals surface area contributed by atoms with Crippen LogP contribution in [0.3, 0.4) is 0 Å². The summed E-state index contributed by atoms with van der Waals surface area (Å²) in [4.78, 5) is 0.688. The fraction of sp³-hybridized carbons (Fsp3) is 0.308. The van der Waals surface area contributed by atoms with E-state index in [1.165, 1.54) is 6.20 Å². The van der Waals surface area contributed by atoms with Gasteiger partial charge in [0.1, 0.15) is 12.4 Å². The van der Waals surface area contributed by atoms with E-state index in [0.29, 0.717) is 21.5 Å². The van der Waals surface area contributed by atoms with Gasteiger partial charge in [0.25, 0.3) is 0 Å². The summed E-state index contributed by atoms with van der Waals surface area (Å²) < 4.78 is 11.1. The van der Waals surface area contributed by atoms with Crippen molar-refractivity contribution in [1.82, 2.24) is 9.94 Å². The molecule has 0 aliphatic carbocycles. The van der Waals surface area contributed by atoms with E-state index in [-0.39, 0.29) is 12.7 Å². The van der Waals surface area contributed by atoms with Crippen LogP contribution in [-0.4, -0.2) is 21.3 Å². The number of ether oxygens (including phenoxy) is 2. The van der Waals surface area contributed by atoms with Crippen LogP contribution in [0.4, 0.5) is 0 Å². The number of hydrogen-bond donors (Lipinski definition) is 1. The number of nitrogens with zero attached hydrogens (tertiary/aromatic N) is 2. The van der Waals surface area contributed by atoms with Crippen LogP contribution in [-0.2, 0) is 6.61 Å². The van der Waals surface area contributed by atoms with Crippen molar-refractivity contribution in [1.29, 1.82) is 0 Å². The SMILES string of the molecule is CC(C)Oc1cccc(Cl)c1COc1ccn(O)n1. The normalized spacial score (nSPS) is 10.7. The highest BCUT2D eigenvalue weighted by atomic mass is 35.5. The highest BCUT2D eigenvalue weighted by Crippen LogP contribution is 2.28. The van der Waals surface area contributed by atoms with Gasteiger partial charge in [-0.1, -0.05) is 22.8 Å². The first-order chi connectivity index (χ1) is 9.06. The fourth-order valence-corrected chi connectivity index (χ4v) is 1.78. The molecule has 1 heterocycles. The third-order valence-corrected chi connectivity index (χ3v) is 2.71. The standard InChI is InChI=1S/C13H15ClN2O3/c1-9(2)19-12-5-3-4-11(14)10(12)8-18-13-6-7-16(17)15-13/h3-7,9,17H,8H2,1-2H3. The average Bonchev–Trinajstić information content (AvgIpc) is 2.73. The average molecular weight is 283 g/mol. The Bertz CT molecular complexity index is 555. The van der Waals surface area contributed by atoms with Gasteiger partial charge in [0.05, 0.1) is 22.9 Å². The van der Waals surface area contributed by atoms with E-state index in [0.717, 1.165) is 5.56 Å². The van der Waals surface area contributed by atoms with Gasteiger partial charge in [0, 0.05) is 6.07 Å². The molecular weight excluding hydrogens is 268 g/mol. The van der Waals surface area contributed by atoms with Gasteiger partial charge in [0.2, 0.25) is 5.88 Å². The van der Waals surface area contributed by atoms with E-state index in [4.69, 9.17) is 26.3 Å². The van der Waals surface area contributed by atoms with Crippen LogP contribution in [0.2, 0.25) is 5.02 Å². The van der Waals surface area contributed by atoms with Crippen LogP contribution in [0.5, 0.6) is 11.6 Å². The first-order valence-electron chi connectivity index (χ1n) is 5.88. The molecule has 6 heteroatoms. The summed E-state index contributed by atoms with van der Waals surface area (Å²) in [5.41, 5.74) is 0.755. The van der Waals surface area contributed by atoms with Crippen LogP contribution in [0.25, 0.3) is 0 Å². The molecule has 0 atom stereocenters. The summed E-state index contributed by atoms with van der Waals surface area (Å²) in [6.45, 7) is 4.11. The van der Waals surface area contributed by atoms with Gasteiger partial charge in [-0.15, -0.1) is 4.85 Å². The molecule has 0 radical (unpaired) electrons. The third kappa shape index (κ3) is 3.54. The molecular formula is C13H15ClN2O3. The molecule has 0 saturated carbocycles. The van der Waals surface area contributed by atoms with Gasteiger partial charge in [-0.25, -0.2) is 0 Å². The second-order valence-corrected chi connectivity index (χ2v) is 4.65. The van der Waals surface area contributed by atoms with E-state index < -0.39 is 0 Å². The molecule has 0 aliphatic heterocycles. The molecule has 0 amide bonds. The van der Waals surface area contributed by atoms with Gasteiger partial charge in [-0.3, -0.25) is 0 Å². The molecule has 0 spiro atoms. The minimum Gasteiger partial charge on any atom is -0.491 e. The van der Waals surface area contributed by atoms with Gasteiger partial charge < -0.3 is 14.7 Å². The molecule has 0 saturated heterocycles. The predicted octanol–water partition coefficient (Wildman–Crippen LogP) is 3.14. The summed E-state index contributed by atoms with van der Waals surface area (Å²) in [6.07, 6.45) is 1.43.